The predicted octanol–water partition coefficient (Wildman–Crippen LogP) is 1.91. The van der Waals surface area contributed by atoms with E-state index < -0.39 is 0 Å². The smallest absolute Gasteiger partial charge is 0.306 e. The summed E-state index contributed by atoms with van der Waals surface area (Å²) in [6, 6.07) is 0. The van der Waals surface area contributed by atoms with Crippen LogP contribution in [0.25, 0.3) is 0 Å². The van der Waals surface area contributed by atoms with Crippen LogP contribution < -0.4 is 0 Å². The Morgan fingerprint density at radius 1 is 1.18 bits per heavy atom. The van der Waals surface area contributed by atoms with Gasteiger partial charge in [0, 0.05) is 26.2 Å². The topological polar surface area (TPSA) is 32.8 Å². The van der Waals surface area contributed by atoms with Crippen LogP contribution >= 0.6 is 0 Å². The van der Waals surface area contributed by atoms with Crippen molar-refractivity contribution in [3.05, 3.63) is 0 Å². The Morgan fingerprint density at radius 2 is 1.65 bits per heavy atom. The van der Waals surface area contributed by atoms with Crippen molar-refractivity contribution in [3.8, 4) is 0 Å². The summed E-state index contributed by atoms with van der Waals surface area (Å²) in [4.78, 5) is 11.7. The van der Waals surface area contributed by atoms with Gasteiger partial charge in [-0.2, -0.15) is 0 Å². The maximum absolute atomic E-state index is 11.7. The zero-order valence-electron chi connectivity index (χ0n) is 11.8. The number of rotatable bonds is 4. The largest absolute Gasteiger partial charge is 0.460 e. The maximum atomic E-state index is 11.7. The van der Waals surface area contributed by atoms with Gasteiger partial charge in [0.1, 0.15) is 5.60 Å². The third kappa shape index (κ3) is 4.64. The van der Waals surface area contributed by atoms with Gasteiger partial charge < -0.3 is 4.74 Å². The van der Waals surface area contributed by atoms with Gasteiger partial charge in [-0.15, -0.1) is 0 Å². The van der Waals surface area contributed by atoms with Gasteiger partial charge in [-0.25, -0.2) is 10.0 Å². The lowest BCUT2D eigenvalue weighted by Crippen LogP contribution is -2.35. The van der Waals surface area contributed by atoms with E-state index in [0.717, 1.165) is 26.2 Å². The molecule has 4 heteroatoms. The Balaban J connectivity index is 2.41. The lowest BCUT2D eigenvalue weighted by molar-refractivity contribution is -0.155. The number of esters is 1. The Kier molecular flexibility index (Phi) is 4.95. The molecule has 0 bridgehead atoms. The van der Waals surface area contributed by atoms with E-state index >= 15 is 0 Å². The van der Waals surface area contributed by atoms with Gasteiger partial charge in [-0.3, -0.25) is 4.79 Å². The molecule has 1 aliphatic heterocycles. The van der Waals surface area contributed by atoms with Crippen LogP contribution in [0.2, 0.25) is 0 Å². The Bertz CT molecular complexity index is 249. The first-order valence-electron chi connectivity index (χ1n) is 6.57. The van der Waals surface area contributed by atoms with Gasteiger partial charge in [0.05, 0.1) is 6.42 Å². The molecule has 0 amide bonds. The zero-order chi connectivity index (χ0) is 13.1. The minimum atomic E-state index is -0.370. The average Bonchev–Trinajstić information content (AvgIpc) is 2.56. The highest BCUT2D eigenvalue weighted by Crippen LogP contribution is 2.20. The molecule has 1 fully saturated rings. The summed E-state index contributed by atoms with van der Waals surface area (Å²) in [5.74, 6) is 0.334. The standard InChI is InChI=1S/C13H26N2O2/c1-6-14-9-11(10-15(14)7-2)8-12(16)17-13(3,4)5/h11H,6-10H2,1-5H3. The van der Waals surface area contributed by atoms with Crippen LogP contribution in [0.1, 0.15) is 41.0 Å². The van der Waals surface area contributed by atoms with Gasteiger partial charge in [-0.05, 0) is 26.7 Å². The molecule has 4 nitrogen and oxygen atoms in total. The van der Waals surface area contributed by atoms with Crippen molar-refractivity contribution in [2.24, 2.45) is 5.92 Å². The number of ether oxygens (including phenoxy) is 1. The Hall–Kier alpha value is -0.610. The van der Waals surface area contributed by atoms with Crippen LogP contribution in [0, 0.1) is 5.92 Å². The van der Waals surface area contributed by atoms with Gasteiger partial charge in [0.2, 0.25) is 0 Å². The lowest BCUT2D eigenvalue weighted by atomic mass is 10.1. The number of nitrogens with zero attached hydrogens (tertiary/aromatic N) is 2. The molecule has 0 aromatic heterocycles. The molecule has 0 aromatic rings. The summed E-state index contributed by atoms with van der Waals surface area (Å²) in [6.45, 7) is 14.0. The normalized spacial score (nSPS) is 19.8. The molecular weight excluding hydrogens is 216 g/mol. The minimum absolute atomic E-state index is 0.0727. The maximum Gasteiger partial charge on any atom is 0.306 e. The first-order chi connectivity index (χ1) is 7.85. The summed E-state index contributed by atoms with van der Waals surface area (Å²) in [5.41, 5.74) is -0.370. The second-order valence-electron chi connectivity index (χ2n) is 5.67. The second-order valence-corrected chi connectivity index (χ2v) is 5.67. The van der Waals surface area contributed by atoms with Crippen LogP contribution in [0.4, 0.5) is 0 Å². The van der Waals surface area contributed by atoms with E-state index in [-0.39, 0.29) is 11.6 Å². The summed E-state index contributed by atoms with van der Waals surface area (Å²) in [7, 11) is 0. The number of carbonyl (C=O) groups is 1. The quantitative estimate of drug-likeness (QED) is 0.705. The molecule has 1 heterocycles. The lowest BCUT2D eigenvalue weighted by Gasteiger charge is -2.24. The molecule has 0 saturated carbocycles. The van der Waals surface area contributed by atoms with Crippen LogP contribution in [0.5, 0.6) is 0 Å². The molecule has 0 N–H and O–H groups in total. The number of hydrazine groups is 1. The molecule has 0 aliphatic carbocycles. The third-order valence-electron chi connectivity index (χ3n) is 2.94. The first kappa shape index (κ1) is 14.5. The van der Waals surface area contributed by atoms with Crippen molar-refractivity contribution in [2.75, 3.05) is 26.2 Å². The number of hydrogen-bond donors (Lipinski definition) is 0. The van der Waals surface area contributed by atoms with Gasteiger partial charge in [0.25, 0.3) is 0 Å². The van der Waals surface area contributed by atoms with Gasteiger partial charge >= 0.3 is 5.97 Å². The highest BCUT2D eigenvalue weighted by Gasteiger charge is 2.30. The Labute approximate surface area is 105 Å². The van der Waals surface area contributed by atoms with E-state index in [1.54, 1.807) is 0 Å². The Morgan fingerprint density at radius 3 is 2.00 bits per heavy atom. The number of carbonyl (C=O) groups excluding carboxylic acids is 1. The molecule has 0 radical (unpaired) electrons. The summed E-state index contributed by atoms with van der Waals surface area (Å²) in [6.07, 6.45) is 0.532. The zero-order valence-corrected chi connectivity index (χ0v) is 11.8. The van der Waals surface area contributed by atoms with Crippen molar-refractivity contribution < 1.29 is 9.53 Å². The highest BCUT2D eigenvalue weighted by molar-refractivity contribution is 5.70. The molecule has 0 unspecified atom stereocenters. The molecular formula is C13H26N2O2. The van der Waals surface area contributed by atoms with Crippen LogP contribution in [0.3, 0.4) is 0 Å². The van der Waals surface area contributed by atoms with Crippen molar-refractivity contribution in [2.45, 2.75) is 46.6 Å². The third-order valence-corrected chi connectivity index (χ3v) is 2.94. The van der Waals surface area contributed by atoms with Crippen molar-refractivity contribution in [1.29, 1.82) is 0 Å². The fraction of sp³-hybridized carbons (Fsp3) is 0.923. The first-order valence-corrected chi connectivity index (χ1v) is 6.57. The summed E-state index contributed by atoms with van der Waals surface area (Å²) < 4.78 is 5.36. The van der Waals surface area contributed by atoms with E-state index in [4.69, 9.17) is 4.74 Å². The molecule has 100 valence electrons. The van der Waals surface area contributed by atoms with Crippen molar-refractivity contribution in [3.63, 3.8) is 0 Å². The number of hydrogen-bond acceptors (Lipinski definition) is 4. The van der Waals surface area contributed by atoms with E-state index in [1.165, 1.54) is 0 Å². The second kappa shape index (κ2) is 5.83. The van der Waals surface area contributed by atoms with Crippen LogP contribution in [-0.2, 0) is 9.53 Å². The van der Waals surface area contributed by atoms with Gasteiger partial charge in [0.15, 0.2) is 0 Å². The molecule has 0 atom stereocenters. The van der Waals surface area contributed by atoms with Crippen molar-refractivity contribution >= 4 is 5.97 Å². The monoisotopic (exact) mass is 242 g/mol. The summed E-state index contributed by atoms with van der Waals surface area (Å²) in [5, 5.41) is 4.63. The van der Waals surface area contributed by atoms with Crippen LogP contribution in [0.15, 0.2) is 0 Å². The van der Waals surface area contributed by atoms with Crippen LogP contribution in [-0.4, -0.2) is 47.8 Å². The van der Waals surface area contributed by atoms with E-state index in [9.17, 15) is 4.79 Å². The highest BCUT2D eigenvalue weighted by atomic mass is 16.6. The molecule has 1 saturated heterocycles. The molecule has 17 heavy (non-hydrogen) atoms. The SMILES string of the molecule is CCN1CC(CC(=O)OC(C)(C)C)CN1CC. The van der Waals surface area contributed by atoms with Gasteiger partial charge in [-0.1, -0.05) is 13.8 Å². The van der Waals surface area contributed by atoms with E-state index in [0.29, 0.717) is 12.3 Å². The fourth-order valence-electron chi connectivity index (χ4n) is 2.29. The average molecular weight is 242 g/mol. The molecule has 1 rings (SSSR count). The molecule has 1 aliphatic rings. The van der Waals surface area contributed by atoms with Crippen molar-refractivity contribution in [1.82, 2.24) is 10.0 Å². The fourth-order valence-corrected chi connectivity index (χ4v) is 2.29. The molecule has 0 aromatic carbocycles. The minimum Gasteiger partial charge on any atom is -0.460 e. The van der Waals surface area contributed by atoms with E-state index in [2.05, 4.69) is 23.9 Å². The summed E-state index contributed by atoms with van der Waals surface area (Å²) >= 11 is 0. The van der Waals surface area contributed by atoms with E-state index in [1.807, 2.05) is 20.8 Å². The predicted molar refractivity (Wildman–Crippen MR) is 68.4 cm³/mol. The molecule has 0 spiro atoms.